The average Bonchev–Trinajstić information content (AvgIpc) is 2.05. The molecule has 0 aromatic carbocycles. The Morgan fingerprint density at radius 3 is 2.55 bits per heavy atom. The smallest absolute Gasteiger partial charge is 0.0586 e. The zero-order chi connectivity index (χ0) is 8.27. The molecule has 0 aliphatic heterocycles. The summed E-state index contributed by atoms with van der Waals surface area (Å²) in [6.07, 6.45) is 5.63. The second-order valence-electron chi connectivity index (χ2n) is 3.64. The van der Waals surface area contributed by atoms with E-state index in [9.17, 15) is 0 Å². The third-order valence-electron chi connectivity index (χ3n) is 2.66. The Bertz CT molecular complexity index is 114. The maximum Gasteiger partial charge on any atom is 0.0586 e. The lowest BCUT2D eigenvalue weighted by Gasteiger charge is -2.32. The second-order valence-corrected chi connectivity index (χ2v) is 3.64. The fourth-order valence-corrected chi connectivity index (χ4v) is 1.80. The monoisotopic (exact) mass is 157 g/mol. The van der Waals surface area contributed by atoms with E-state index in [1.807, 2.05) is 7.11 Å². The largest absolute Gasteiger partial charge is 0.381 e. The predicted octanol–water partition coefficient (Wildman–Crippen LogP) is 1.51. The number of nitrogens with zero attached hydrogens (tertiary/aromatic N) is 1. The summed E-state index contributed by atoms with van der Waals surface area (Å²) >= 11 is 0. The molecule has 0 spiro atoms. The molecule has 2 heteroatoms. The summed E-state index contributed by atoms with van der Waals surface area (Å²) in [6, 6.07) is 0.744. The van der Waals surface area contributed by atoms with E-state index in [4.69, 9.17) is 4.74 Å². The molecular weight excluding hydrogens is 138 g/mol. The van der Waals surface area contributed by atoms with Gasteiger partial charge in [-0.15, -0.1) is 0 Å². The van der Waals surface area contributed by atoms with E-state index in [1.165, 1.54) is 25.7 Å². The first-order valence-corrected chi connectivity index (χ1v) is 4.43. The van der Waals surface area contributed by atoms with E-state index in [-0.39, 0.29) is 0 Å². The number of hydrogen-bond acceptors (Lipinski definition) is 2. The molecule has 2 unspecified atom stereocenters. The summed E-state index contributed by atoms with van der Waals surface area (Å²) in [7, 11) is 6.13. The first-order chi connectivity index (χ1) is 5.24. The third kappa shape index (κ3) is 2.46. The van der Waals surface area contributed by atoms with Gasteiger partial charge in [-0.3, -0.25) is 0 Å². The van der Waals surface area contributed by atoms with Gasteiger partial charge in [-0.1, -0.05) is 0 Å². The SMILES string of the molecule is COC1CCCC(N(C)C)C1. The molecule has 66 valence electrons. The van der Waals surface area contributed by atoms with Crippen LogP contribution < -0.4 is 0 Å². The number of hydrogen-bond donors (Lipinski definition) is 0. The summed E-state index contributed by atoms with van der Waals surface area (Å²) in [5.41, 5.74) is 0. The molecule has 1 aliphatic carbocycles. The maximum atomic E-state index is 5.34. The zero-order valence-corrected chi connectivity index (χ0v) is 7.84. The highest BCUT2D eigenvalue weighted by atomic mass is 16.5. The van der Waals surface area contributed by atoms with Crippen molar-refractivity contribution in [1.82, 2.24) is 4.90 Å². The normalized spacial score (nSPS) is 32.7. The topological polar surface area (TPSA) is 12.5 Å². The van der Waals surface area contributed by atoms with Crippen LogP contribution in [0.1, 0.15) is 25.7 Å². The van der Waals surface area contributed by atoms with E-state index >= 15 is 0 Å². The molecule has 1 fully saturated rings. The average molecular weight is 157 g/mol. The molecule has 0 amide bonds. The van der Waals surface area contributed by atoms with Gasteiger partial charge in [-0.25, -0.2) is 0 Å². The molecule has 1 saturated carbocycles. The van der Waals surface area contributed by atoms with Gasteiger partial charge in [0.05, 0.1) is 6.10 Å². The minimum Gasteiger partial charge on any atom is -0.381 e. The lowest BCUT2D eigenvalue weighted by atomic mass is 9.92. The molecule has 2 nitrogen and oxygen atoms in total. The predicted molar refractivity (Wildman–Crippen MR) is 46.7 cm³/mol. The minimum absolute atomic E-state index is 0.510. The Hall–Kier alpha value is -0.0800. The molecule has 1 rings (SSSR count). The van der Waals surface area contributed by atoms with Crippen molar-refractivity contribution < 1.29 is 4.74 Å². The van der Waals surface area contributed by atoms with E-state index in [2.05, 4.69) is 19.0 Å². The van der Waals surface area contributed by atoms with Crippen LogP contribution in [0.25, 0.3) is 0 Å². The summed E-state index contributed by atoms with van der Waals surface area (Å²) in [5, 5.41) is 0. The van der Waals surface area contributed by atoms with Gasteiger partial charge < -0.3 is 9.64 Å². The van der Waals surface area contributed by atoms with Gasteiger partial charge in [0.15, 0.2) is 0 Å². The highest BCUT2D eigenvalue weighted by Crippen LogP contribution is 2.22. The van der Waals surface area contributed by atoms with Crippen LogP contribution in [-0.2, 0) is 4.74 Å². The summed E-state index contributed by atoms with van der Waals surface area (Å²) in [4.78, 5) is 2.31. The van der Waals surface area contributed by atoms with E-state index < -0.39 is 0 Å². The van der Waals surface area contributed by atoms with Crippen molar-refractivity contribution in [2.45, 2.75) is 37.8 Å². The molecular formula is C9H19NO. The summed E-state index contributed by atoms with van der Waals surface area (Å²) in [6.45, 7) is 0. The van der Waals surface area contributed by atoms with Crippen LogP contribution in [0.15, 0.2) is 0 Å². The van der Waals surface area contributed by atoms with Crippen molar-refractivity contribution in [3.05, 3.63) is 0 Å². The van der Waals surface area contributed by atoms with Gasteiger partial charge in [0.25, 0.3) is 0 Å². The van der Waals surface area contributed by atoms with Crippen molar-refractivity contribution in [3.8, 4) is 0 Å². The molecule has 0 heterocycles. The van der Waals surface area contributed by atoms with E-state index in [1.54, 1.807) is 0 Å². The Balaban J connectivity index is 2.33. The van der Waals surface area contributed by atoms with Gasteiger partial charge in [-0.05, 0) is 39.8 Å². The number of methoxy groups -OCH3 is 1. The lowest BCUT2D eigenvalue weighted by Crippen LogP contribution is -2.35. The van der Waals surface area contributed by atoms with Crippen LogP contribution in [0, 0.1) is 0 Å². The molecule has 0 aromatic rings. The first-order valence-electron chi connectivity index (χ1n) is 4.43. The van der Waals surface area contributed by atoms with Gasteiger partial charge in [0, 0.05) is 13.2 Å². The lowest BCUT2D eigenvalue weighted by molar-refractivity contribution is 0.0401. The quantitative estimate of drug-likeness (QED) is 0.602. The number of rotatable bonds is 2. The Kier molecular flexibility index (Phi) is 3.34. The Morgan fingerprint density at radius 1 is 1.27 bits per heavy atom. The summed E-state index contributed by atoms with van der Waals surface area (Å²) < 4.78 is 5.34. The van der Waals surface area contributed by atoms with Gasteiger partial charge >= 0.3 is 0 Å². The van der Waals surface area contributed by atoms with Gasteiger partial charge in [-0.2, -0.15) is 0 Å². The molecule has 0 aromatic heterocycles. The van der Waals surface area contributed by atoms with Crippen molar-refractivity contribution in [3.63, 3.8) is 0 Å². The van der Waals surface area contributed by atoms with Crippen LogP contribution in [0.4, 0.5) is 0 Å². The molecule has 0 N–H and O–H groups in total. The second kappa shape index (κ2) is 4.07. The van der Waals surface area contributed by atoms with Gasteiger partial charge in [0.2, 0.25) is 0 Å². The highest BCUT2D eigenvalue weighted by Gasteiger charge is 2.22. The molecule has 11 heavy (non-hydrogen) atoms. The third-order valence-corrected chi connectivity index (χ3v) is 2.66. The fraction of sp³-hybridized carbons (Fsp3) is 1.00. The fourth-order valence-electron chi connectivity index (χ4n) is 1.80. The summed E-state index contributed by atoms with van der Waals surface area (Å²) in [5.74, 6) is 0. The van der Waals surface area contributed by atoms with Crippen LogP contribution >= 0.6 is 0 Å². The van der Waals surface area contributed by atoms with Crippen molar-refractivity contribution in [1.29, 1.82) is 0 Å². The van der Waals surface area contributed by atoms with Crippen LogP contribution in [-0.4, -0.2) is 38.3 Å². The van der Waals surface area contributed by atoms with Crippen LogP contribution in [0.2, 0.25) is 0 Å². The van der Waals surface area contributed by atoms with Crippen LogP contribution in [0.3, 0.4) is 0 Å². The van der Waals surface area contributed by atoms with Gasteiger partial charge in [0.1, 0.15) is 0 Å². The van der Waals surface area contributed by atoms with Crippen molar-refractivity contribution in [2.24, 2.45) is 0 Å². The van der Waals surface area contributed by atoms with Crippen molar-refractivity contribution >= 4 is 0 Å². The standard InChI is InChI=1S/C9H19NO/c1-10(2)8-5-4-6-9(7-8)11-3/h8-9H,4-7H2,1-3H3. The molecule has 2 atom stereocenters. The zero-order valence-electron chi connectivity index (χ0n) is 7.84. The first kappa shape index (κ1) is 9.01. The van der Waals surface area contributed by atoms with Crippen LogP contribution in [0.5, 0.6) is 0 Å². The highest BCUT2D eigenvalue weighted by molar-refractivity contribution is 4.77. The Labute approximate surface area is 69.5 Å². The molecule has 0 radical (unpaired) electrons. The van der Waals surface area contributed by atoms with E-state index in [0.717, 1.165) is 6.04 Å². The minimum atomic E-state index is 0.510. The van der Waals surface area contributed by atoms with E-state index in [0.29, 0.717) is 6.10 Å². The van der Waals surface area contributed by atoms with Crippen molar-refractivity contribution in [2.75, 3.05) is 21.2 Å². The molecule has 0 saturated heterocycles. The number of ether oxygens (including phenoxy) is 1. The molecule has 1 aliphatic rings. The maximum absolute atomic E-state index is 5.34. The molecule has 0 bridgehead atoms. The Morgan fingerprint density at radius 2 is 2.00 bits per heavy atom.